The fourth-order valence-electron chi connectivity index (χ4n) is 1.51. The molecule has 1 heterocycles. The minimum absolute atomic E-state index is 0.140. The normalized spacial score (nSPS) is 12.1. The van der Waals surface area contributed by atoms with Crippen molar-refractivity contribution in [2.75, 3.05) is 6.54 Å². The number of furan rings is 1. The molecule has 2 rings (SSSR count). The number of halogens is 1. The highest BCUT2D eigenvalue weighted by Crippen LogP contribution is 2.14. The molecular formula is C13H12BrNO3. The van der Waals surface area contributed by atoms with Crippen LogP contribution in [0.5, 0.6) is 0 Å². The van der Waals surface area contributed by atoms with Crippen molar-refractivity contribution in [1.29, 1.82) is 0 Å². The molecule has 4 nitrogen and oxygen atoms in total. The maximum Gasteiger partial charge on any atom is 0.287 e. The van der Waals surface area contributed by atoms with Crippen LogP contribution in [0.2, 0.25) is 0 Å². The van der Waals surface area contributed by atoms with Gasteiger partial charge in [0.25, 0.3) is 5.91 Å². The average molecular weight is 310 g/mol. The summed E-state index contributed by atoms with van der Waals surface area (Å²) in [4.78, 5) is 11.7. The summed E-state index contributed by atoms with van der Waals surface area (Å²) in [6.07, 6.45) is -0.728. The molecule has 1 aromatic carbocycles. The van der Waals surface area contributed by atoms with Crippen LogP contribution in [0.3, 0.4) is 0 Å². The predicted octanol–water partition coefficient (Wildman–Crippen LogP) is 2.51. The third kappa shape index (κ3) is 3.21. The Hall–Kier alpha value is -1.59. The number of rotatable bonds is 4. The number of amides is 1. The maximum absolute atomic E-state index is 11.7. The van der Waals surface area contributed by atoms with Crippen molar-refractivity contribution in [2.45, 2.75) is 6.10 Å². The molecule has 1 amide bonds. The molecule has 0 saturated carbocycles. The molecule has 2 aromatic rings. The number of aliphatic hydroxyl groups is 1. The first-order valence-corrected chi connectivity index (χ1v) is 6.22. The lowest BCUT2D eigenvalue weighted by Crippen LogP contribution is -2.28. The highest BCUT2D eigenvalue weighted by Gasteiger charge is 2.13. The second-order valence-corrected chi connectivity index (χ2v) is 4.52. The highest BCUT2D eigenvalue weighted by molar-refractivity contribution is 9.10. The molecule has 0 saturated heterocycles. The van der Waals surface area contributed by atoms with E-state index in [4.69, 9.17) is 4.42 Å². The van der Waals surface area contributed by atoms with E-state index in [0.29, 0.717) is 4.67 Å². The van der Waals surface area contributed by atoms with E-state index in [0.717, 1.165) is 5.56 Å². The summed E-state index contributed by atoms with van der Waals surface area (Å²) in [7, 11) is 0. The second-order valence-electron chi connectivity index (χ2n) is 3.74. The molecule has 2 N–H and O–H groups in total. The van der Waals surface area contributed by atoms with Crippen molar-refractivity contribution in [3.8, 4) is 0 Å². The lowest BCUT2D eigenvalue weighted by Gasteiger charge is -2.11. The molecule has 18 heavy (non-hydrogen) atoms. The molecule has 0 fully saturated rings. The van der Waals surface area contributed by atoms with Crippen molar-refractivity contribution >= 4 is 21.8 Å². The molecule has 1 aromatic heterocycles. The number of carbonyl (C=O) groups excluding carboxylic acids is 1. The SMILES string of the molecule is O=C(NCC(O)c1ccccc1)c1ccc(Br)o1. The van der Waals surface area contributed by atoms with Crippen LogP contribution < -0.4 is 5.32 Å². The van der Waals surface area contributed by atoms with E-state index in [2.05, 4.69) is 21.2 Å². The van der Waals surface area contributed by atoms with Crippen LogP contribution in [0.4, 0.5) is 0 Å². The van der Waals surface area contributed by atoms with E-state index < -0.39 is 6.10 Å². The Morgan fingerprint density at radius 2 is 2.00 bits per heavy atom. The van der Waals surface area contributed by atoms with Crippen molar-refractivity contribution in [1.82, 2.24) is 5.32 Å². The van der Waals surface area contributed by atoms with Crippen LogP contribution in [0.25, 0.3) is 0 Å². The smallest absolute Gasteiger partial charge is 0.287 e. The molecule has 0 radical (unpaired) electrons. The van der Waals surface area contributed by atoms with Gasteiger partial charge >= 0.3 is 0 Å². The van der Waals surface area contributed by atoms with Gasteiger partial charge in [-0.15, -0.1) is 0 Å². The van der Waals surface area contributed by atoms with E-state index >= 15 is 0 Å². The van der Waals surface area contributed by atoms with Crippen molar-refractivity contribution < 1.29 is 14.3 Å². The van der Waals surface area contributed by atoms with Gasteiger partial charge in [0.2, 0.25) is 0 Å². The van der Waals surface area contributed by atoms with E-state index in [-0.39, 0.29) is 18.2 Å². The van der Waals surface area contributed by atoms with Gasteiger partial charge in [-0.05, 0) is 33.6 Å². The van der Waals surface area contributed by atoms with Gasteiger partial charge in [-0.25, -0.2) is 0 Å². The fraction of sp³-hybridized carbons (Fsp3) is 0.154. The van der Waals surface area contributed by atoms with Crippen molar-refractivity contribution in [2.24, 2.45) is 0 Å². The molecule has 0 aliphatic carbocycles. The van der Waals surface area contributed by atoms with Gasteiger partial charge in [0.15, 0.2) is 10.4 Å². The van der Waals surface area contributed by atoms with Crippen LogP contribution >= 0.6 is 15.9 Å². The lowest BCUT2D eigenvalue weighted by molar-refractivity contribution is 0.0888. The Balaban J connectivity index is 1.90. The fourth-order valence-corrected chi connectivity index (χ4v) is 1.81. The van der Waals surface area contributed by atoms with Gasteiger partial charge < -0.3 is 14.8 Å². The summed E-state index contributed by atoms with van der Waals surface area (Å²) in [5.41, 5.74) is 0.762. The minimum atomic E-state index is -0.728. The Labute approximate surface area is 113 Å². The largest absolute Gasteiger partial charge is 0.444 e. The van der Waals surface area contributed by atoms with Crippen molar-refractivity contribution in [3.05, 3.63) is 58.5 Å². The molecule has 0 aliphatic rings. The maximum atomic E-state index is 11.7. The minimum Gasteiger partial charge on any atom is -0.444 e. The molecule has 5 heteroatoms. The molecular weight excluding hydrogens is 298 g/mol. The molecule has 94 valence electrons. The third-order valence-corrected chi connectivity index (χ3v) is 2.86. The number of hydrogen-bond acceptors (Lipinski definition) is 3. The van der Waals surface area contributed by atoms with Gasteiger partial charge in [-0.3, -0.25) is 4.79 Å². The van der Waals surface area contributed by atoms with E-state index in [1.165, 1.54) is 0 Å². The quantitative estimate of drug-likeness (QED) is 0.912. The van der Waals surface area contributed by atoms with Crippen LogP contribution in [0, 0.1) is 0 Å². The zero-order chi connectivity index (χ0) is 13.0. The summed E-state index contributed by atoms with van der Waals surface area (Å²) in [5.74, 6) is -0.141. The van der Waals surface area contributed by atoms with Crippen LogP contribution in [0.15, 0.2) is 51.6 Å². The zero-order valence-electron chi connectivity index (χ0n) is 9.47. The molecule has 1 atom stereocenters. The van der Waals surface area contributed by atoms with E-state index in [1.807, 2.05) is 18.2 Å². The first-order chi connectivity index (χ1) is 8.66. The summed E-state index contributed by atoms with van der Waals surface area (Å²) in [6.45, 7) is 0.140. The van der Waals surface area contributed by atoms with Crippen LogP contribution in [0.1, 0.15) is 22.2 Å². The topological polar surface area (TPSA) is 62.5 Å². The summed E-state index contributed by atoms with van der Waals surface area (Å²) < 4.78 is 5.60. The van der Waals surface area contributed by atoms with Gasteiger partial charge in [0, 0.05) is 6.54 Å². The Kier molecular flexibility index (Phi) is 4.17. The number of aliphatic hydroxyl groups excluding tert-OH is 1. The van der Waals surface area contributed by atoms with E-state index in [1.54, 1.807) is 24.3 Å². The summed E-state index contributed by atoms with van der Waals surface area (Å²) in [5, 5.41) is 12.5. The van der Waals surface area contributed by atoms with Crippen LogP contribution in [-0.4, -0.2) is 17.6 Å². The Morgan fingerprint density at radius 1 is 1.28 bits per heavy atom. The van der Waals surface area contributed by atoms with Gasteiger partial charge in [-0.2, -0.15) is 0 Å². The first kappa shape index (κ1) is 12.9. The Bertz CT molecular complexity index is 524. The predicted molar refractivity (Wildman–Crippen MR) is 70.1 cm³/mol. The van der Waals surface area contributed by atoms with Gasteiger partial charge in [0.1, 0.15) is 0 Å². The second kappa shape index (κ2) is 5.84. The lowest BCUT2D eigenvalue weighted by atomic mass is 10.1. The molecule has 0 spiro atoms. The molecule has 1 unspecified atom stereocenters. The number of hydrogen-bond donors (Lipinski definition) is 2. The first-order valence-electron chi connectivity index (χ1n) is 5.43. The van der Waals surface area contributed by atoms with Gasteiger partial charge in [0.05, 0.1) is 6.10 Å². The van der Waals surface area contributed by atoms with Gasteiger partial charge in [-0.1, -0.05) is 30.3 Å². The van der Waals surface area contributed by atoms with Crippen LogP contribution in [-0.2, 0) is 0 Å². The zero-order valence-corrected chi connectivity index (χ0v) is 11.1. The highest BCUT2D eigenvalue weighted by atomic mass is 79.9. The molecule has 0 bridgehead atoms. The summed E-state index contributed by atoms with van der Waals surface area (Å²) >= 11 is 3.12. The monoisotopic (exact) mass is 309 g/mol. The summed E-state index contributed by atoms with van der Waals surface area (Å²) in [6, 6.07) is 12.4. The number of benzene rings is 1. The average Bonchev–Trinajstić information content (AvgIpc) is 2.83. The molecule has 0 aliphatic heterocycles. The number of nitrogens with one attached hydrogen (secondary N) is 1. The van der Waals surface area contributed by atoms with E-state index in [9.17, 15) is 9.90 Å². The number of carbonyl (C=O) groups is 1. The van der Waals surface area contributed by atoms with Crippen molar-refractivity contribution in [3.63, 3.8) is 0 Å². The standard InChI is InChI=1S/C13H12BrNO3/c14-12-7-6-11(18-12)13(17)15-8-10(16)9-4-2-1-3-5-9/h1-7,10,16H,8H2,(H,15,17). The third-order valence-electron chi connectivity index (χ3n) is 2.44. The Morgan fingerprint density at radius 3 is 2.61 bits per heavy atom.